The second kappa shape index (κ2) is 8.02. The maximum Gasteiger partial charge on any atom is 0.308 e. The highest BCUT2D eigenvalue weighted by atomic mass is 35.5. The Labute approximate surface area is 165 Å². The van der Waals surface area contributed by atoms with Crippen molar-refractivity contribution in [2.45, 2.75) is 13.2 Å². The molecule has 0 aliphatic carbocycles. The van der Waals surface area contributed by atoms with E-state index in [1.54, 1.807) is 17.5 Å². The number of nitrogens with zero attached hydrogens (tertiary/aromatic N) is 4. The lowest BCUT2D eigenvalue weighted by molar-refractivity contribution is 0.103. The van der Waals surface area contributed by atoms with E-state index in [4.69, 9.17) is 11.6 Å². The van der Waals surface area contributed by atoms with Crippen LogP contribution in [0.3, 0.4) is 0 Å². The minimum absolute atomic E-state index is 0.0707. The molecule has 1 aliphatic rings. The summed E-state index contributed by atoms with van der Waals surface area (Å²) in [7, 11) is 0. The number of thiazole rings is 1. The molecule has 4 rings (SSSR count). The first-order valence-corrected chi connectivity index (χ1v) is 10.5. The fourth-order valence-electron chi connectivity index (χ4n) is 3.12. The van der Waals surface area contributed by atoms with Gasteiger partial charge in [0.05, 0.1) is 22.4 Å². The second-order valence-electron chi connectivity index (χ2n) is 6.27. The van der Waals surface area contributed by atoms with Crippen LogP contribution in [0.15, 0.2) is 46.7 Å². The van der Waals surface area contributed by atoms with Crippen molar-refractivity contribution in [2.24, 2.45) is 0 Å². The van der Waals surface area contributed by atoms with E-state index >= 15 is 0 Å². The Hall–Kier alpha value is -1.51. The van der Waals surface area contributed by atoms with Gasteiger partial charge in [0.25, 0.3) is 0 Å². The molecule has 136 valence electrons. The molecule has 0 atom stereocenters. The third kappa shape index (κ3) is 4.07. The molecule has 8 heteroatoms. The summed E-state index contributed by atoms with van der Waals surface area (Å²) in [5, 5.41) is 1.90. The first-order chi connectivity index (χ1) is 12.7. The third-order valence-electron chi connectivity index (χ3n) is 4.52. The van der Waals surface area contributed by atoms with Gasteiger partial charge in [0.1, 0.15) is 0 Å². The van der Waals surface area contributed by atoms with Crippen LogP contribution in [-0.4, -0.2) is 45.5 Å². The second-order valence-corrected chi connectivity index (χ2v) is 8.89. The average molecular weight is 407 g/mol. The summed E-state index contributed by atoms with van der Waals surface area (Å²) in [5.41, 5.74) is 1.75. The Bertz CT molecular complexity index is 913. The molecule has 0 radical (unpaired) electrons. The molecule has 0 aromatic carbocycles. The van der Waals surface area contributed by atoms with E-state index in [0.29, 0.717) is 6.67 Å². The maximum absolute atomic E-state index is 12.3. The Morgan fingerprint density at radius 2 is 1.88 bits per heavy atom. The quantitative estimate of drug-likeness (QED) is 0.650. The van der Waals surface area contributed by atoms with Gasteiger partial charge < -0.3 is 0 Å². The van der Waals surface area contributed by atoms with Crippen LogP contribution in [0.1, 0.15) is 4.88 Å². The third-order valence-corrected chi connectivity index (χ3v) is 6.50. The standard InChI is InChI=1S/C18H19ClN4OS2/c19-17-5-4-14(26-17)11-21-7-9-22(10-8-21)13-23-16(12-25-18(23)24)15-3-1-2-6-20-15/h1-6,12H,7-11,13H2. The molecular formula is C18H19ClN4OS2. The van der Waals surface area contributed by atoms with E-state index in [-0.39, 0.29) is 4.87 Å². The number of piperazine rings is 1. The Morgan fingerprint density at radius 1 is 1.08 bits per heavy atom. The Morgan fingerprint density at radius 3 is 2.58 bits per heavy atom. The van der Waals surface area contributed by atoms with E-state index in [1.165, 1.54) is 16.2 Å². The SMILES string of the molecule is O=c1scc(-c2ccccn2)n1CN1CCN(Cc2ccc(Cl)s2)CC1. The van der Waals surface area contributed by atoms with Gasteiger partial charge in [-0.2, -0.15) is 0 Å². The van der Waals surface area contributed by atoms with Crippen LogP contribution in [0.2, 0.25) is 4.34 Å². The van der Waals surface area contributed by atoms with Crippen LogP contribution in [-0.2, 0) is 13.2 Å². The van der Waals surface area contributed by atoms with Gasteiger partial charge in [-0.05, 0) is 24.3 Å². The van der Waals surface area contributed by atoms with Crippen LogP contribution in [0.25, 0.3) is 11.4 Å². The van der Waals surface area contributed by atoms with Crippen LogP contribution in [0, 0.1) is 0 Å². The van der Waals surface area contributed by atoms with Crippen molar-refractivity contribution in [1.82, 2.24) is 19.4 Å². The summed E-state index contributed by atoms with van der Waals surface area (Å²) in [6.07, 6.45) is 1.76. The van der Waals surface area contributed by atoms with E-state index in [1.807, 2.05) is 34.2 Å². The van der Waals surface area contributed by atoms with Crippen LogP contribution in [0.4, 0.5) is 0 Å². The molecule has 0 saturated carbocycles. The molecule has 3 aromatic rings. The molecule has 1 saturated heterocycles. The topological polar surface area (TPSA) is 41.4 Å². The van der Waals surface area contributed by atoms with Gasteiger partial charge in [0.15, 0.2) is 0 Å². The van der Waals surface area contributed by atoms with Crippen molar-refractivity contribution in [3.63, 3.8) is 0 Å². The lowest BCUT2D eigenvalue weighted by Gasteiger charge is -2.34. The number of hydrogen-bond acceptors (Lipinski definition) is 6. The number of thiophene rings is 1. The van der Waals surface area contributed by atoms with Gasteiger partial charge in [-0.3, -0.25) is 24.1 Å². The normalized spacial score (nSPS) is 16.2. The summed E-state index contributed by atoms with van der Waals surface area (Å²) < 4.78 is 2.68. The molecule has 1 aliphatic heterocycles. The number of halogens is 1. The van der Waals surface area contributed by atoms with Crippen LogP contribution >= 0.6 is 34.3 Å². The predicted molar refractivity (Wildman–Crippen MR) is 108 cm³/mol. The number of hydrogen-bond donors (Lipinski definition) is 0. The van der Waals surface area contributed by atoms with E-state index in [0.717, 1.165) is 48.4 Å². The Balaban J connectivity index is 1.39. The van der Waals surface area contributed by atoms with Crippen LogP contribution in [0.5, 0.6) is 0 Å². The molecule has 0 spiro atoms. The van der Waals surface area contributed by atoms with Gasteiger partial charge in [-0.15, -0.1) is 11.3 Å². The fourth-order valence-corrected chi connectivity index (χ4v) is 5.00. The molecule has 0 amide bonds. The molecule has 4 heterocycles. The first kappa shape index (κ1) is 17.9. The zero-order chi connectivity index (χ0) is 17.9. The lowest BCUT2D eigenvalue weighted by Crippen LogP contribution is -2.47. The maximum atomic E-state index is 12.3. The van der Waals surface area contributed by atoms with Gasteiger partial charge in [-0.1, -0.05) is 29.0 Å². The monoisotopic (exact) mass is 406 g/mol. The fraction of sp³-hybridized carbons (Fsp3) is 0.333. The molecule has 0 bridgehead atoms. The Kier molecular flexibility index (Phi) is 5.52. The van der Waals surface area contributed by atoms with Crippen molar-refractivity contribution in [3.05, 3.63) is 60.8 Å². The number of pyridine rings is 1. The zero-order valence-electron chi connectivity index (χ0n) is 14.2. The largest absolute Gasteiger partial charge is 0.308 e. The molecule has 3 aromatic heterocycles. The molecule has 26 heavy (non-hydrogen) atoms. The lowest BCUT2D eigenvalue weighted by atomic mass is 10.3. The smallest absolute Gasteiger partial charge is 0.296 e. The molecule has 0 unspecified atom stereocenters. The summed E-state index contributed by atoms with van der Waals surface area (Å²) in [4.78, 5) is 22.8. The number of aromatic nitrogens is 2. The summed E-state index contributed by atoms with van der Waals surface area (Å²) in [5.74, 6) is 0. The van der Waals surface area contributed by atoms with Gasteiger partial charge in [0, 0.05) is 49.2 Å². The van der Waals surface area contributed by atoms with E-state index < -0.39 is 0 Å². The zero-order valence-corrected chi connectivity index (χ0v) is 16.6. The minimum atomic E-state index is 0.0707. The number of rotatable bonds is 5. The van der Waals surface area contributed by atoms with Crippen LogP contribution < -0.4 is 4.87 Å². The van der Waals surface area contributed by atoms with Gasteiger partial charge >= 0.3 is 4.87 Å². The van der Waals surface area contributed by atoms with Crippen molar-refractivity contribution < 1.29 is 0 Å². The average Bonchev–Trinajstić information content (AvgIpc) is 3.23. The van der Waals surface area contributed by atoms with E-state index in [2.05, 4.69) is 20.9 Å². The highest BCUT2D eigenvalue weighted by Gasteiger charge is 2.20. The summed E-state index contributed by atoms with van der Waals surface area (Å²) in [6, 6.07) is 9.84. The van der Waals surface area contributed by atoms with Crippen molar-refractivity contribution in [1.29, 1.82) is 0 Å². The highest BCUT2D eigenvalue weighted by Crippen LogP contribution is 2.23. The molecular weight excluding hydrogens is 388 g/mol. The van der Waals surface area contributed by atoms with Crippen molar-refractivity contribution >= 4 is 34.3 Å². The summed E-state index contributed by atoms with van der Waals surface area (Å²) in [6.45, 7) is 5.45. The minimum Gasteiger partial charge on any atom is -0.296 e. The predicted octanol–water partition coefficient (Wildman–Crippen LogP) is 3.46. The van der Waals surface area contributed by atoms with Gasteiger partial charge in [-0.25, -0.2) is 0 Å². The van der Waals surface area contributed by atoms with Gasteiger partial charge in [0.2, 0.25) is 0 Å². The highest BCUT2D eigenvalue weighted by molar-refractivity contribution is 7.16. The van der Waals surface area contributed by atoms with Crippen molar-refractivity contribution in [3.8, 4) is 11.4 Å². The van der Waals surface area contributed by atoms with Crippen molar-refractivity contribution in [2.75, 3.05) is 26.2 Å². The summed E-state index contributed by atoms with van der Waals surface area (Å²) >= 11 is 8.90. The molecule has 1 fully saturated rings. The molecule has 5 nitrogen and oxygen atoms in total. The first-order valence-electron chi connectivity index (χ1n) is 8.48. The molecule has 0 N–H and O–H groups in total. The van der Waals surface area contributed by atoms with E-state index in [9.17, 15) is 4.79 Å².